The quantitative estimate of drug-likeness (QED) is 0.618. The van der Waals surface area contributed by atoms with Gasteiger partial charge in [0, 0.05) is 17.2 Å². The minimum Gasteiger partial charge on any atom is -0.699 e. The minimum atomic E-state index is -1.11. The summed E-state index contributed by atoms with van der Waals surface area (Å²) >= 11 is 0. The number of ether oxygens (including phenoxy) is 1. The number of nitrogens with one attached hydrogen (secondary N) is 3. The van der Waals surface area contributed by atoms with Crippen molar-refractivity contribution >= 4 is 17.1 Å². The van der Waals surface area contributed by atoms with Crippen LogP contribution in [-0.4, -0.2) is 0 Å². The van der Waals surface area contributed by atoms with Gasteiger partial charge in [0.25, 0.3) is 0 Å². The molecule has 2 aliphatic heterocycles. The molecule has 0 bridgehead atoms. The summed E-state index contributed by atoms with van der Waals surface area (Å²) in [5.41, 5.74) is 17.9. The molecule has 1 atom stereocenters. The fourth-order valence-electron chi connectivity index (χ4n) is 3.68. The van der Waals surface area contributed by atoms with E-state index in [4.69, 9.17) is 21.0 Å². The largest absolute Gasteiger partial charge is 0.699 e. The normalized spacial score (nSPS) is 19.0. The molecule has 0 aliphatic carbocycles. The molecule has 6 nitrogen and oxygen atoms in total. The topological polar surface area (TPSA) is 93.6 Å². The Morgan fingerprint density at radius 3 is 2.04 bits per heavy atom. The van der Waals surface area contributed by atoms with Crippen molar-refractivity contribution < 1.29 is 14.8 Å². The van der Waals surface area contributed by atoms with E-state index in [0.717, 1.165) is 5.56 Å². The summed E-state index contributed by atoms with van der Waals surface area (Å²) in [5.74, 6) is 0.935. The SMILES string of the molecule is [NH-]c1ccc2c(c1)Oc1cc([NH-])ccc1C21O[NH+]([O-])c2ccccc21. The molecular weight excluding hydrogens is 318 g/mol. The van der Waals surface area contributed by atoms with Crippen LogP contribution in [0.2, 0.25) is 0 Å². The summed E-state index contributed by atoms with van der Waals surface area (Å²) in [4.78, 5) is 5.95. The van der Waals surface area contributed by atoms with Gasteiger partial charge in [-0.25, -0.2) is 0 Å². The first-order valence-electron chi connectivity index (χ1n) is 7.82. The smallest absolute Gasteiger partial charge is 0.216 e. The molecule has 0 aromatic heterocycles. The van der Waals surface area contributed by atoms with Gasteiger partial charge >= 0.3 is 0 Å². The zero-order chi connectivity index (χ0) is 17.2. The van der Waals surface area contributed by atoms with E-state index in [1.54, 1.807) is 48.5 Å². The molecule has 0 fully saturated rings. The maximum Gasteiger partial charge on any atom is 0.216 e. The fourth-order valence-corrected chi connectivity index (χ4v) is 3.68. The first-order chi connectivity index (χ1) is 12.1. The number of hydrogen-bond donors (Lipinski definition) is 1. The summed E-state index contributed by atoms with van der Waals surface area (Å²) in [6.07, 6.45) is 0. The second-order valence-corrected chi connectivity index (χ2v) is 6.14. The first kappa shape index (κ1) is 14.3. The Balaban J connectivity index is 1.90. The standard InChI is InChI=1S/C19H13N3O3/c20-11-5-7-14-17(9-11)24-18-10-12(21)6-8-15(18)19(14)13-3-1-2-4-16(13)22(23)25-19/h1-10,20-22H/q-2. The highest BCUT2D eigenvalue weighted by atomic mass is 16.9. The Bertz CT molecular complexity index is 967. The molecule has 0 saturated heterocycles. The second-order valence-electron chi connectivity index (χ2n) is 6.14. The summed E-state index contributed by atoms with van der Waals surface area (Å²) in [7, 11) is 0. The van der Waals surface area contributed by atoms with Gasteiger partial charge in [0.2, 0.25) is 5.60 Å². The molecule has 0 amide bonds. The minimum absolute atomic E-state index is 0.303. The lowest BCUT2D eigenvalue weighted by atomic mass is 9.78. The fraction of sp³-hybridized carbons (Fsp3) is 0.0526. The molecule has 3 N–H and O–H groups in total. The molecule has 2 heterocycles. The Hall–Kier alpha value is -3.06. The molecule has 5 rings (SSSR count). The zero-order valence-corrected chi connectivity index (χ0v) is 13.0. The van der Waals surface area contributed by atoms with Gasteiger partial charge in [0.15, 0.2) is 5.69 Å². The molecule has 0 saturated carbocycles. The van der Waals surface area contributed by atoms with Crippen molar-refractivity contribution in [3.63, 3.8) is 0 Å². The maximum absolute atomic E-state index is 12.6. The van der Waals surface area contributed by atoms with Gasteiger partial charge in [-0.3, -0.25) is 0 Å². The third-order valence-corrected chi connectivity index (χ3v) is 4.71. The Labute approximate surface area is 143 Å². The van der Waals surface area contributed by atoms with E-state index in [0.29, 0.717) is 39.7 Å². The van der Waals surface area contributed by atoms with Crippen molar-refractivity contribution in [1.82, 2.24) is 0 Å². The van der Waals surface area contributed by atoms with E-state index in [-0.39, 0.29) is 5.23 Å². The van der Waals surface area contributed by atoms with Crippen LogP contribution in [0, 0.1) is 5.21 Å². The van der Waals surface area contributed by atoms with Gasteiger partial charge in [0.05, 0.1) is 5.56 Å². The van der Waals surface area contributed by atoms with Crippen molar-refractivity contribution in [2.24, 2.45) is 0 Å². The highest BCUT2D eigenvalue weighted by molar-refractivity contribution is 5.69. The summed E-state index contributed by atoms with van der Waals surface area (Å²) in [5, 5.41) is 12.2. The van der Waals surface area contributed by atoms with Crippen LogP contribution < -0.4 is 9.96 Å². The third kappa shape index (κ3) is 1.78. The third-order valence-electron chi connectivity index (χ3n) is 4.71. The van der Waals surface area contributed by atoms with Crippen LogP contribution >= 0.6 is 0 Å². The van der Waals surface area contributed by atoms with Crippen molar-refractivity contribution in [2.75, 3.05) is 0 Å². The lowest BCUT2D eigenvalue weighted by Crippen LogP contribution is -3.00. The Morgan fingerprint density at radius 2 is 1.40 bits per heavy atom. The van der Waals surface area contributed by atoms with Gasteiger partial charge in [0.1, 0.15) is 11.5 Å². The van der Waals surface area contributed by atoms with E-state index in [1.807, 2.05) is 12.1 Å². The summed E-state index contributed by atoms with van der Waals surface area (Å²) < 4.78 is 5.94. The average Bonchev–Trinajstić information content (AvgIpc) is 2.88. The van der Waals surface area contributed by atoms with Gasteiger partial charge in [-0.1, -0.05) is 36.4 Å². The van der Waals surface area contributed by atoms with Gasteiger partial charge < -0.3 is 21.4 Å². The highest BCUT2D eigenvalue weighted by Crippen LogP contribution is 2.55. The Kier molecular flexibility index (Phi) is 2.71. The average molecular weight is 331 g/mol. The van der Waals surface area contributed by atoms with E-state index in [1.165, 1.54) is 0 Å². The highest BCUT2D eigenvalue weighted by Gasteiger charge is 2.54. The lowest BCUT2D eigenvalue weighted by molar-refractivity contribution is -1.000. The molecule has 0 radical (unpaired) electrons. The van der Waals surface area contributed by atoms with Crippen LogP contribution in [0.5, 0.6) is 11.5 Å². The number of quaternary nitrogens is 1. The van der Waals surface area contributed by atoms with Crippen molar-refractivity contribution in [3.05, 3.63) is 94.0 Å². The molecule has 1 spiro atoms. The van der Waals surface area contributed by atoms with Crippen LogP contribution in [0.3, 0.4) is 0 Å². The monoisotopic (exact) mass is 331 g/mol. The summed E-state index contributed by atoms with van der Waals surface area (Å²) in [6, 6.07) is 17.4. The zero-order valence-electron chi connectivity index (χ0n) is 13.0. The molecule has 124 valence electrons. The predicted molar refractivity (Wildman–Crippen MR) is 92.3 cm³/mol. The van der Waals surface area contributed by atoms with Crippen LogP contribution in [0.25, 0.3) is 11.5 Å². The van der Waals surface area contributed by atoms with Crippen LogP contribution in [0.4, 0.5) is 17.1 Å². The Morgan fingerprint density at radius 1 is 0.800 bits per heavy atom. The first-order valence-corrected chi connectivity index (χ1v) is 7.82. The number of hydrogen-bond acceptors (Lipinski definition) is 3. The van der Waals surface area contributed by atoms with Crippen LogP contribution in [0.15, 0.2) is 60.7 Å². The van der Waals surface area contributed by atoms with Crippen molar-refractivity contribution in [3.8, 4) is 11.5 Å². The number of benzene rings is 3. The molecule has 3 aromatic carbocycles. The van der Waals surface area contributed by atoms with Crippen molar-refractivity contribution in [2.45, 2.75) is 5.60 Å². The van der Waals surface area contributed by atoms with E-state index < -0.39 is 5.60 Å². The van der Waals surface area contributed by atoms with Gasteiger partial charge in [-0.2, -0.15) is 10.1 Å². The van der Waals surface area contributed by atoms with Crippen molar-refractivity contribution in [1.29, 1.82) is 0 Å². The van der Waals surface area contributed by atoms with E-state index in [9.17, 15) is 5.21 Å². The predicted octanol–water partition coefficient (Wildman–Crippen LogP) is 4.41. The van der Waals surface area contributed by atoms with E-state index >= 15 is 0 Å². The molecule has 3 aromatic rings. The summed E-state index contributed by atoms with van der Waals surface area (Å²) in [6.45, 7) is 0. The molecule has 1 unspecified atom stereocenters. The maximum atomic E-state index is 12.6. The van der Waals surface area contributed by atoms with E-state index in [2.05, 4.69) is 0 Å². The van der Waals surface area contributed by atoms with Crippen LogP contribution in [0.1, 0.15) is 16.7 Å². The van der Waals surface area contributed by atoms with Crippen LogP contribution in [-0.2, 0) is 10.4 Å². The molecule has 6 heteroatoms. The molecule has 2 aliphatic rings. The second kappa shape index (κ2) is 4.73. The molecular formula is C19H13N3O3-2. The number of fused-ring (bicyclic) bond motifs is 6. The molecule has 25 heavy (non-hydrogen) atoms. The van der Waals surface area contributed by atoms with Gasteiger partial charge in [-0.15, -0.1) is 11.4 Å². The lowest BCUT2D eigenvalue weighted by Gasteiger charge is -2.36. The van der Waals surface area contributed by atoms with Gasteiger partial charge in [-0.05, 0) is 18.2 Å². The number of rotatable bonds is 0.